The smallest absolute Gasteiger partial charge is 0.426 e. The van der Waals surface area contributed by atoms with Gasteiger partial charge < -0.3 is 20.7 Å². The lowest BCUT2D eigenvalue weighted by Gasteiger charge is -2.33. The SMILES string of the molecule is C/C=C/C(C)(C)C(N)C(=O)N1CCC[C@H]1B(O)O. The van der Waals surface area contributed by atoms with E-state index in [1.165, 1.54) is 4.90 Å². The summed E-state index contributed by atoms with van der Waals surface area (Å²) in [4.78, 5) is 13.8. The molecule has 1 rings (SSSR count). The van der Waals surface area contributed by atoms with Crippen LogP contribution in [0.4, 0.5) is 0 Å². The van der Waals surface area contributed by atoms with Crippen molar-refractivity contribution in [1.82, 2.24) is 4.90 Å². The van der Waals surface area contributed by atoms with Crippen molar-refractivity contribution in [2.24, 2.45) is 11.1 Å². The maximum atomic E-state index is 12.3. The quantitative estimate of drug-likeness (QED) is 0.483. The van der Waals surface area contributed by atoms with E-state index in [1.54, 1.807) is 0 Å². The van der Waals surface area contributed by atoms with Gasteiger partial charge in [0.15, 0.2) is 0 Å². The minimum Gasteiger partial charge on any atom is -0.426 e. The summed E-state index contributed by atoms with van der Waals surface area (Å²) in [5, 5.41) is 18.5. The molecular weight excluding hydrogens is 231 g/mol. The topological polar surface area (TPSA) is 86.8 Å². The predicted molar refractivity (Wildman–Crippen MR) is 71.5 cm³/mol. The normalized spacial score (nSPS) is 22.6. The van der Waals surface area contributed by atoms with Crippen molar-refractivity contribution >= 4 is 13.0 Å². The molecule has 0 bridgehead atoms. The lowest BCUT2D eigenvalue weighted by atomic mass is 9.77. The Bertz CT molecular complexity index is 331. The lowest BCUT2D eigenvalue weighted by molar-refractivity contribution is -0.134. The van der Waals surface area contributed by atoms with Gasteiger partial charge in [-0.25, -0.2) is 0 Å². The van der Waals surface area contributed by atoms with Crippen LogP contribution in [-0.4, -0.2) is 46.5 Å². The van der Waals surface area contributed by atoms with E-state index >= 15 is 0 Å². The van der Waals surface area contributed by atoms with Crippen LogP contribution in [0.2, 0.25) is 0 Å². The molecule has 0 aromatic carbocycles. The highest BCUT2D eigenvalue weighted by Gasteiger charge is 2.41. The fraction of sp³-hybridized carbons (Fsp3) is 0.750. The Hall–Kier alpha value is -0.845. The molecule has 1 heterocycles. The molecule has 1 amide bonds. The van der Waals surface area contributed by atoms with E-state index in [9.17, 15) is 14.8 Å². The molecule has 1 saturated heterocycles. The summed E-state index contributed by atoms with van der Waals surface area (Å²) in [6.07, 6.45) is 5.16. The van der Waals surface area contributed by atoms with E-state index in [0.717, 1.165) is 6.42 Å². The molecule has 2 atom stereocenters. The fourth-order valence-electron chi connectivity index (χ4n) is 2.41. The first kappa shape index (κ1) is 15.2. The van der Waals surface area contributed by atoms with Crippen molar-refractivity contribution in [1.29, 1.82) is 0 Å². The van der Waals surface area contributed by atoms with Crippen molar-refractivity contribution < 1.29 is 14.8 Å². The fourth-order valence-corrected chi connectivity index (χ4v) is 2.41. The zero-order valence-corrected chi connectivity index (χ0v) is 11.3. The van der Waals surface area contributed by atoms with Crippen LogP contribution in [0.15, 0.2) is 12.2 Å². The number of amides is 1. The second-order valence-electron chi connectivity index (χ2n) is 5.45. The molecule has 0 radical (unpaired) electrons. The summed E-state index contributed by atoms with van der Waals surface area (Å²) in [7, 11) is -1.49. The van der Waals surface area contributed by atoms with Crippen molar-refractivity contribution in [3.63, 3.8) is 0 Å². The Morgan fingerprint density at radius 1 is 1.56 bits per heavy atom. The summed E-state index contributed by atoms with van der Waals surface area (Å²) in [5.74, 6) is -0.737. The average Bonchev–Trinajstić information content (AvgIpc) is 2.75. The molecule has 0 aliphatic carbocycles. The van der Waals surface area contributed by atoms with Gasteiger partial charge in [-0.2, -0.15) is 0 Å². The molecule has 1 aliphatic rings. The maximum Gasteiger partial charge on any atom is 0.475 e. The Balaban J connectivity index is 2.81. The van der Waals surface area contributed by atoms with Gasteiger partial charge in [0.2, 0.25) is 5.91 Å². The molecule has 0 aromatic heterocycles. The third-order valence-electron chi connectivity index (χ3n) is 3.59. The number of hydrogen-bond donors (Lipinski definition) is 3. The van der Waals surface area contributed by atoms with Crippen LogP contribution in [0, 0.1) is 5.41 Å². The van der Waals surface area contributed by atoms with E-state index in [4.69, 9.17) is 5.73 Å². The van der Waals surface area contributed by atoms with Gasteiger partial charge in [0.25, 0.3) is 0 Å². The molecule has 5 nitrogen and oxygen atoms in total. The minimum atomic E-state index is -1.49. The average molecular weight is 254 g/mol. The molecule has 1 fully saturated rings. The molecule has 102 valence electrons. The molecule has 0 saturated carbocycles. The Kier molecular flexibility index (Phi) is 4.96. The number of carbonyl (C=O) groups excluding carboxylic acids is 1. The summed E-state index contributed by atoms with van der Waals surface area (Å²) in [6.45, 7) is 6.22. The predicted octanol–water partition coefficient (Wildman–Crippen LogP) is -0.0810. The van der Waals surface area contributed by atoms with Gasteiger partial charge >= 0.3 is 7.12 Å². The second-order valence-corrected chi connectivity index (χ2v) is 5.45. The summed E-state index contributed by atoms with van der Waals surface area (Å²) in [5.41, 5.74) is 5.57. The van der Waals surface area contributed by atoms with E-state index in [2.05, 4.69) is 0 Å². The number of hydrogen-bond acceptors (Lipinski definition) is 4. The summed E-state index contributed by atoms with van der Waals surface area (Å²) in [6, 6.07) is -0.673. The summed E-state index contributed by atoms with van der Waals surface area (Å²) >= 11 is 0. The number of nitrogens with two attached hydrogens (primary N) is 1. The maximum absolute atomic E-state index is 12.3. The zero-order valence-electron chi connectivity index (χ0n) is 11.3. The number of nitrogens with zero attached hydrogens (tertiary/aromatic N) is 1. The van der Waals surface area contributed by atoms with Crippen LogP contribution in [0.1, 0.15) is 33.6 Å². The van der Waals surface area contributed by atoms with Crippen LogP contribution in [0.5, 0.6) is 0 Å². The van der Waals surface area contributed by atoms with Crippen LogP contribution in [-0.2, 0) is 4.79 Å². The molecule has 1 unspecified atom stereocenters. The van der Waals surface area contributed by atoms with Crippen molar-refractivity contribution in [2.75, 3.05) is 6.54 Å². The Morgan fingerprint density at radius 2 is 2.17 bits per heavy atom. The van der Waals surface area contributed by atoms with Crippen molar-refractivity contribution in [3.8, 4) is 0 Å². The number of likely N-dealkylation sites (tertiary alicyclic amines) is 1. The molecule has 0 spiro atoms. The van der Waals surface area contributed by atoms with Gasteiger partial charge in [0.05, 0.1) is 12.0 Å². The number of allylic oxidation sites excluding steroid dienone is 1. The lowest BCUT2D eigenvalue weighted by Crippen LogP contribution is -2.55. The van der Waals surface area contributed by atoms with E-state index < -0.39 is 24.5 Å². The monoisotopic (exact) mass is 254 g/mol. The number of rotatable bonds is 4. The first-order valence-corrected chi connectivity index (χ1v) is 6.37. The molecule has 6 heteroatoms. The minimum absolute atomic E-state index is 0.214. The molecule has 4 N–H and O–H groups in total. The van der Waals surface area contributed by atoms with Crippen LogP contribution < -0.4 is 5.73 Å². The van der Waals surface area contributed by atoms with E-state index in [-0.39, 0.29) is 5.91 Å². The third-order valence-corrected chi connectivity index (χ3v) is 3.59. The molecular formula is C12H23BN2O3. The van der Waals surface area contributed by atoms with Crippen LogP contribution in [0.25, 0.3) is 0 Å². The highest BCUT2D eigenvalue weighted by Crippen LogP contribution is 2.26. The second kappa shape index (κ2) is 5.86. The first-order chi connectivity index (χ1) is 8.31. The van der Waals surface area contributed by atoms with Gasteiger partial charge in [0, 0.05) is 12.0 Å². The standard InChI is InChI=1S/C12H23BN2O3/c1-4-7-12(2,3)10(14)11(16)15-8-5-6-9(15)13(17)18/h4,7,9-10,17-18H,5-6,8,14H2,1-3H3/b7-4+/t9-,10?/m0/s1. The van der Waals surface area contributed by atoms with Gasteiger partial charge in [-0.15, -0.1) is 0 Å². The molecule has 18 heavy (non-hydrogen) atoms. The van der Waals surface area contributed by atoms with Crippen LogP contribution >= 0.6 is 0 Å². The van der Waals surface area contributed by atoms with E-state index in [1.807, 2.05) is 32.9 Å². The van der Waals surface area contributed by atoms with E-state index in [0.29, 0.717) is 13.0 Å². The zero-order chi connectivity index (χ0) is 13.9. The van der Waals surface area contributed by atoms with Gasteiger partial charge in [-0.1, -0.05) is 26.0 Å². The van der Waals surface area contributed by atoms with Crippen molar-refractivity contribution in [3.05, 3.63) is 12.2 Å². The van der Waals surface area contributed by atoms with Gasteiger partial charge in [0.1, 0.15) is 0 Å². The third kappa shape index (κ3) is 3.13. The first-order valence-electron chi connectivity index (χ1n) is 6.37. The van der Waals surface area contributed by atoms with Crippen LogP contribution in [0.3, 0.4) is 0 Å². The Labute approximate surface area is 109 Å². The van der Waals surface area contributed by atoms with Gasteiger partial charge in [-0.3, -0.25) is 4.79 Å². The van der Waals surface area contributed by atoms with Crippen molar-refractivity contribution in [2.45, 2.75) is 45.6 Å². The Morgan fingerprint density at radius 3 is 2.67 bits per heavy atom. The van der Waals surface area contributed by atoms with Gasteiger partial charge in [-0.05, 0) is 19.8 Å². The summed E-state index contributed by atoms with van der Waals surface area (Å²) < 4.78 is 0. The number of carbonyl (C=O) groups is 1. The highest BCUT2D eigenvalue weighted by atomic mass is 16.4. The highest BCUT2D eigenvalue weighted by molar-refractivity contribution is 6.43. The largest absolute Gasteiger partial charge is 0.475 e. The molecule has 1 aliphatic heterocycles. The molecule has 0 aromatic rings.